The molecule has 0 aromatic heterocycles. The minimum atomic E-state index is -0.833. The van der Waals surface area contributed by atoms with E-state index in [9.17, 15) is 0 Å². The Bertz CT molecular complexity index is 332. The third-order valence-electron chi connectivity index (χ3n) is 2.71. The molecule has 0 amide bonds. The van der Waals surface area contributed by atoms with Crippen LogP contribution >= 0.6 is 0 Å². The van der Waals surface area contributed by atoms with Crippen LogP contribution in [0.25, 0.3) is 0 Å². The number of benzene rings is 1. The van der Waals surface area contributed by atoms with E-state index in [1.165, 1.54) is 24.0 Å². The third kappa shape index (κ3) is 6.77. The third-order valence-corrected chi connectivity index (χ3v) is 2.71. The van der Waals surface area contributed by atoms with Gasteiger partial charge in [-0.2, -0.15) is 0 Å². The highest BCUT2D eigenvalue weighted by atomic mass is 16.4. The zero-order chi connectivity index (χ0) is 13.5. The number of carboxylic acid groups (broad SMARTS) is 1. The first kappa shape index (κ1) is 15.7. The summed E-state index contributed by atoms with van der Waals surface area (Å²) in [5, 5.41) is 7.42. The zero-order valence-electron chi connectivity index (χ0n) is 11.6. The number of carboxylic acids is 1. The SMILES string of the molecule is CC(=O)O.CCCC(C)(C)c1ccc(C)cc1. The number of carbonyl (C=O) groups is 1. The summed E-state index contributed by atoms with van der Waals surface area (Å²) in [5.41, 5.74) is 3.14. The topological polar surface area (TPSA) is 37.3 Å². The van der Waals surface area contributed by atoms with Gasteiger partial charge in [0.05, 0.1) is 0 Å². The van der Waals surface area contributed by atoms with Crippen molar-refractivity contribution in [1.82, 2.24) is 0 Å². The quantitative estimate of drug-likeness (QED) is 0.855. The van der Waals surface area contributed by atoms with Gasteiger partial charge in [0.1, 0.15) is 0 Å². The van der Waals surface area contributed by atoms with Gasteiger partial charge >= 0.3 is 0 Å². The van der Waals surface area contributed by atoms with Crippen molar-refractivity contribution in [3.8, 4) is 0 Å². The van der Waals surface area contributed by atoms with Crippen LogP contribution < -0.4 is 0 Å². The van der Waals surface area contributed by atoms with E-state index >= 15 is 0 Å². The van der Waals surface area contributed by atoms with Crippen LogP contribution in [0.15, 0.2) is 24.3 Å². The fraction of sp³-hybridized carbons (Fsp3) is 0.533. The molecule has 0 atom stereocenters. The lowest BCUT2D eigenvalue weighted by Crippen LogP contribution is -2.16. The number of rotatable bonds is 3. The molecular weight excluding hydrogens is 212 g/mol. The van der Waals surface area contributed by atoms with Crippen molar-refractivity contribution >= 4 is 5.97 Å². The summed E-state index contributed by atoms with van der Waals surface area (Å²) in [5.74, 6) is -0.833. The largest absolute Gasteiger partial charge is 0.481 e. The van der Waals surface area contributed by atoms with Crippen LogP contribution in [-0.4, -0.2) is 11.1 Å². The molecule has 0 aliphatic heterocycles. The zero-order valence-corrected chi connectivity index (χ0v) is 11.6. The average molecular weight is 236 g/mol. The maximum absolute atomic E-state index is 9.00. The van der Waals surface area contributed by atoms with E-state index in [0.29, 0.717) is 5.41 Å². The maximum atomic E-state index is 9.00. The van der Waals surface area contributed by atoms with E-state index in [4.69, 9.17) is 9.90 Å². The summed E-state index contributed by atoms with van der Waals surface area (Å²) in [6.45, 7) is 10.1. The van der Waals surface area contributed by atoms with Crippen LogP contribution in [-0.2, 0) is 10.2 Å². The van der Waals surface area contributed by atoms with Crippen LogP contribution in [0.1, 0.15) is 51.7 Å². The highest BCUT2D eigenvalue weighted by molar-refractivity contribution is 5.62. The number of hydrogen-bond acceptors (Lipinski definition) is 1. The second kappa shape index (κ2) is 7.10. The second-order valence-electron chi connectivity index (χ2n) is 5.02. The van der Waals surface area contributed by atoms with Crippen molar-refractivity contribution in [2.24, 2.45) is 0 Å². The molecule has 2 nitrogen and oxygen atoms in total. The van der Waals surface area contributed by atoms with Crippen LogP contribution in [0.2, 0.25) is 0 Å². The van der Waals surface area contributed by atoms with Crippen molar-refractivity contribution in [2.75, 3.05) is 0 Å². The summed E-state index contributed by atoms with van der Waals surface area (Å²) in [7, 11) is 0. The van der Waals surface area contributed by atoms with Crippen LogP contribution in [0.5, 0.6) is 0 Å². The fourth-order valence-corrected chi connectivity index (χ4v) is 1.77. The van der Waals surface area contributed by atoms with E-state index in [1.54, 1.807) is 0 Å². The highest BCUT2D eigenvalue weighted by Gasteiger charge is 2.18. The van der Waals surface area contributed by atoms with Gasteiger partial charge in [0, 0.05) is 6.92 Å². The van der Waals surface area contributed by atoms with Crippen LogP contribution in [0.4, 0.5) is 0 Å². The predicted molar refractivity (Wildman–Crippen MR) is 72.4 cm³/mol. The number of hydrogen-bond donors (Lipinski definition) is 1. The van der Waals surface area contributed by atoms with Crippen LogP contribution in [0.3, 0.4) is 0 Å². The van der Waals surface area contributed by atoms with E-state index in [1.807, 2.05) is 0 Å². The van der Waals surface area contributed by atoms with Crippen molar-refractivity contribution < 1.29 is 9.90 Å². The Morgan fingerprint density at radius 1 is 1.24 bits per heavy atom. The Morgan fingerprint density at radius 2 is 1.65 bits per heavy atom. The number of aliphatic carboxylic acids is 1. The predicted octanol–water partition coefficient (Wildman–Crippen LogP) is 4.16. The van der Waals surface area contributed by atoms with Gasteiger partial charge in [-0.1, -0.05) is 57.0 Å². The summed E-state index contributed by atoms with van der Waals surface area (Å²) in [6, 6.07) is 8.91. The lowest BCUT2D eigenvalue weighted by atomic mass is 9.80. The molecule has 0 heterocycles. The van der Waals surface area contributed by atoms with Gasteiger partial charge in [-0.15, -0.1) is 0 Å². The normalized spacial score (nSPS) is 10.4. The molecule has 0 aliphatic rings. The molecule has 0 saturated carbocycles. The van der Waals surface area contributed by atoms with Gasteiger partial charge < -0.3 is 5.11 Å². The standard InChI is InChI=1S/C13H20.C2H4O2/c1-5-10-13(3,4)12-8-6-11(2)7-9-12;1-2(3)4/h6-9H,5,10H2,1-4H3;1H3,(H,3,4). The van der Waals surface area contributed by atoms with Gasteiger partial charge in [0.15, 0.2) is 0 Å². The minimum Gasteiger partial charge on any atom is -0.481 e. The Balaban J connectivity index is 0.000000557. The molecule has 0 aliphatic carbocycles. The van der Waals surface area contributed by atoms with E-state index in [-0.39, 0.29) is 0 Å². The monoisotopic (exact) mass is 236 g/mol. The van der Waals surface area contributed by atoms with E-state index in [0.717, 1.165) is 6.92 Å². The Kier molecular flexibility index (Phi) is 6.55. The molecule has 0 radical (unpaired) electrons. The van der Waals surface area contributed by atoms with Gasteiger partial charge in [-0.05, 0) is 24.3 Å². The summed E-state index contributed by atoms with van der Waals surface area (Å²) in [6.07, 6.45) is 2.51. The lowest BCUT2D eigenvalue weighted by molar-refractivity contribution is -0.134. The number of aryl methyl sites for hydroxylation is 1. The molecule has 0 bridgehead atoms. The molecule has 1 rings (SSSR count). The molecule has 1 aromatic rings. The summed E-state index contributed by atoms with van der Waals surface area (Å²) < 4.78 is 0. The summed E-state index contributed by atoms with van der Waals surface area (Å²) >= 11 is 0. The molecule has 0 unspecified atom stereocenters. The molecule has 1 aromatic carbocycles. The fourth-order valence-electron chi connectivity index (χ4n) is 1.77. The van der Waals surface area contributed by atoms with Gasteiger partial charge in [0.2, 0.25) is 0 Å². The molecule has 96 valence electrons. The molecule has 2 heteroatoms. The van der Waals surface area contributed by atoms with Gasteiger partial charge in [-0.3, -0.25) is 4.79 Å². The van der Waals surface area contributed by atoms with Crippen molar-refractivity contribution in [3.63, 3.8) is 0 Å². The van der Waals surface area contributed by atoms with Gasteiger partial charge in [0.25, 0.3) is 5.97 Å². The first-order valence-electron chi connectivity index (χ1n) is 6.06. The molecule has 1 N–H and O–H groups in total. The van der Waals surface area contributed by atoms with Crippen molar-refractivity contribution in [2.45, 2.75) is 52.9 Å². The molecule has 0 spiro atoms. The highest BCUT2D eigenvalue weighted by Crippen LogP contribution is 2.28. The van der Waals surface area contributed by atoms with Crippen molar-refractivity contribution in [3.05, 3.63) is 35.4 Å². The Morgan fingerprint density at radius 3 is 2.00 bits per heavy atom. The average Bonchev–Trinajstić information content (AvgIpc) is 2.17. The lowest BCUT2D eigenvalue weighted by Gasteiger charge is -2.24. The summed E-state index contributed by atoms with van der Waals surface area (Å²) in [4.78, 5) is 9.00. The van der Waals surface area contributed by atoms with Gasteiger partial charge in [-0.25, -0.2) is 0 Å². The van der Waals surface area contributed by atoms with Crippen molar-refractivity contribution in [1.29, 1.82) is 0 Å². The molecular formula is C15H24O2. The Labute approximate surface area is 105 Å². The smallest absolute Gasteiger partial charge is 0.300 e. The second-order valence-corrected chi connectivity index (χ2v) is 5.02. The first-order chi connectivity index (χ1) is 7.79. The molecule has 17 heavy (non-hydrogen) atoms. The maximum Gasteiger partial charge on any atom is 0.300 e. The minimum absolute atomic E-state index is 0.336. The van der Waals surface area contributed by atoms with E-state index in [2.05, 4.69) is 52.0 Å². The molecule has 0 fully saturated rings. The first-order valence-corrected chi connectivity index (χ1v) is 6.06. The molecule has 0 saturated heterocycles. The Hall–Kier alpha value is -1.31. The van der Waals surface area contributed by atoms with Crippen LogP contribution in [0, 0.1) is 6.92 Å². The van der Waals surface area contributed by atoms with E-state index < -0.39 is 5.97 Å².